The summed E-state index contributed by atoms with van der Waals surface area (Å²) in [6.45, 7) is 0. The van der Waals surface area contributed by atoms with E-state index in [1.807, 2.05) is 24.3 Å². The lowest BCUT2D eigenvalue weighted by molar-refractivity contribution is 0.800. The van der Waals surface area contributed by atoms with Crippen molar-refractivity contribution >= 4 is 27.4 Å². The van der Waals surface area contributed by atoms with E-state index in [1.165, 1.54) is 4.68 Å². The number of thiazole rings is 1. The fourth-order valence-corrected chi connectivity index (χ4v) is 3.55. The highest BCUT2D eigenvalue weighted by molar-refractivity contribution is 7.16. The van der Waals surface area contributed by atoms with Crippen molar-refractivity contribution in [3.63, 3.8) is 0 Å². The fourth-order valence-electron chi connectivity index (χ4n) is 2.81. The summed E-state index contributed by atoms with van der Waals surface area (Å²) in [6.07, 6.45) is 0.360. The molecule has 0 aliphatic carbocycles. The highest BCUT2D eigenvalue weighted by atomic mass is 32.1. The number of nitriles is 1. The van der Waals surface area contributed by atoms with Crippen molar-refractivity contribution in [1.29, 1.82) is 16.1 Å². The molecule has 7 heteroatoms. The third-order valence-corrected chi connectivity index (χ3v) is 4.94. The summed E-state index contributed by atoms with van der Waals surface area (Å²) in [6, 6.07) is 18.5. The number of nitrogens with one attached hydrogen (secondary N) is 2. The van der Waals surface area contributed by atoms with Crippen molar-refractivity contribution in [2.75, 3.05) is 0 Å². The maximum absolute atomic E-state index is 9.08. The van der Waals surface area contributed by atoms with E-state index in [9.17, 15) is 0 Å². The van der Waals surface area contributed by atoms with E-state index in [2.05, 4.69) is 16.2 Å². The van der Waals surface area contributed by atoms with Gasteiger partial charge in [0.05, 0.1) is 33.1 Å². The molecule has 27 heavy (non-hydrogen) atoms. The van der Waals surface area contributed by atoms with E-state index in [1.54, 1.807) is 47.2 Å². The third-order valence-electron chi connectivity index (χ3n) is 4.15. The number of hydrogen-bond acceptors (Lipinski definition) is 6. The van der Waals surface area contributed by atoms with Crippen LogP contribution in [0.15, 0.2) is 60.1 Å². The Morgan fingerprint density at radius 3 is 2.89 bits per heavy atom. The van der Waals surface area contributed by atoms with Gasteiger partial charge in [-0.3, -0.25) is 10.8 Å². The second kappa shape index (κ2) is 6.94. The van der Waals surface area contributed by atoms with E-state index in [0.717, 1.165) is 21.3 Å². The first-order valence-corrected chi connectivity index (χ1v) is 9.07. The Balaban J connectivity index is 1.67. The van der Waals surface area contributed by atoms with Crippen molar-refractivity contribution in [1.82, 2.24) is 14.8 Å². The summed E-state index contributed by atoms with van der Waals surface area (Å²) >= 11 is 1.56. The minimum Gasteiger partial charge on any atom is -0.286 e. The van der Waals surface area contributed by atoms with Gasteiger partial charge in [-0.1, -0.05) is 18.2 Å². The Labute approximate surface area is 159 Å². The molecule has 2 aromatic heterocycles. The van der Waals surface area contributed by atoms with Crippen LogP contribution in [0.1, 0.15) is 11.1 Å². The van der Waals surface area contributed by atoms with Crippen LogP contribution in [0.5, 0.6) is 0 Å². The molecule has 2 N–H and O–H groups in total. The number of nitrogens with zero attached hydrogens (tertiary/aromatic N) is 4. The van der Waals surface area contributed by atoms with Gasteiger partial charge in [0.15, 0.2) is 0 Å². The largest absolute Gasteiger partial charge is 0.286 e. The lowest BCUT2D eigenvalue weighted by Gasteiger charge is -2.10. The normalized spacial score (nSPS) is 10.6. The first-order chi connectivity index (χ1) is 13.1. The highest BCUT2D eigenvalue weighted by Gasteiger charge is 2.09. The molecule has 0 aliphatic heterocycles. The van der Waals surface area contributed by atoms with Crippen LogP contribution in [0.3, 0.4) is 0 Å². The van der Waals surface area contributed by atoms with Crippen LogP contribution in [-0.2, 0) is 6.42 Å². The van der Waals surface area contributed by atoms with Crippen LogP contribution in [-0.4, -0.2) is 20.6 Å². The quantitative estimate of drug-likeness (QED) is 0.425. The summed E-state index contributed by atoms with van der Waals surface area (Å²) in [5.74, 6) is 0.210. The minimum atomic E-state index is 0.138. The van der Waals surface area contributed by atoms with Crippen molar-refractivity contribution in [2.45, 2.75) is 6.42 Å². The monoisotopic (exact) mass is 370 g/mol. The fraction of sp³-hybridized carbons (Fsp3) is 0.0500. The second-order valence-electron chi connectivity index (χ2n) is 5.99. The number of fused-ring (bicyclic) bond motifs is 1. The predicted molar refractivity (Wildman–Crippen MR) is 105 cm³/mol. The summed E-state index contributed by atoms with van der Waals surface area (Å²) in [4.78, 5) is 4.26. The maximum atomic E-state index is 9.08. The van der Waals surface area contributed by atoms with E-state index >= 15 is 0 Å². The van der Waals surface area contributed by atoms with Gasteiger partial charge in [0, 0.05) is 12.0 Å². The van der Waals surface area contributed by atoms with Crippen molar-refractivity contribution < 1.29 is 0 Å². The van der Waals surface area contributed by atoms with Crippen LogP contribution in [0.2, 0.25) is 0 Å². The molecule has 0 spiro atoms. The molecule has 6 nitrogen and oxygen atoms in total. The van der Waals surface area contributed by atoms with E-state index in [4.69, 9.17) is 16.1 Å². The zero-order valence-electron chi connectivity index (χ0n) is 14.2. The lowest BCUT2D eigenvalue weighted by atomic mass is 10.1. The Kier molecular flexibility index (Phi) is 4.32. The van der Waals surface area contributed by atoms with Crippen molar-refractivity contribution in [3.8, 4) is 17.3 Å². The Morgan fingerprint density at radius 2 is 2.04 bits per heavy atom. The van der Waals surface area contributed by atoms with Crippen molar-refractivity contribution in [2.24, 2.45) is 0 Å². The Bertz CT molecular complexity index is 1260. The van der Waals surface area contributed by atoms with E-state index < -0.39 is 0 Å². The molecule has 0 fully saturated rings. The molecule has 0 atom stereocenters. The topological polar surface area (TPSA) is 102 Å². The molecule has 0 bridgehead atoms. The summed E-state index contributed by atoms with van der Waals surface area (Å²) in [7, 11) is 0. The first kappa shape index (κ1) is 16.8. The van der Waals surface area contributed by atoms with Crippen LogP contribution < -0.4 is 5.49 Å². The third kappa shape index (κ3) is 3.38. The predicted octanol–water partition coefficient (Wildman–Crippen LogP) is 3.58. The van der Waals surface area contributed by atoms with Gasteiger partial charge >= 0.3 is 0 Å². The van der Waals surface area contributed by atoms with Gasteiger partial charge in [-0.2, -0.15) is 10.4 Å². The molecule has 0 amide bonds. The molecule has 4 rings (SSSR count). The Morgan fingerprint density at radius 1 is 1.15 bits per heavy atom. The first-order valence-electron chi connectivity index (χ1n) is 8.19. The number of hydrogen-bond donors (Lipinski definition) is 2. The zero-order chi connectivity index (χ0) is 18.8. The lowest BCUT2D eigenvalue weighted by Crippen LogP contribution is -2.30. The highest BCUT2D eigenvalue weighted by Crippen LogP contribution is 2.20. The molecule has 0 saturated heterocycles. The number of aromatic nitrogens is 3. The van der Waals surface area contributed by atoms with Crippen LogP contribution in [0.4, 0.5) is 0 Å². The molecule has 0 saturated carbocycles. The number of benzene rings is 2. The van der Waals surface area contributed by atoms with E-state index in [-0.39, 0.29) is 11.3 Å². The second-order valence-corrected chi connectivity index (χ2v) is 6.87. The van der Waals surface area contributed by atoms with Crippen LogP contribution in [0, 0.1) is 22.1 Å². The standard InChI is InChI=1S/C20H14N6S/c21-11-14-2-1-3-15(8-14)16-6-7-19(22)26(25-16)20(23)10-13-4-5-17-18(9-13)27-12-24-17/h1-9,12,22-23H,10H2. The number of rotatable bonds is 3. The summed E-state index contributed by atoms with van der Waals surface area (Å²) in [5.41, 5.74) is 5.80. The van der Waals surface area contributed by atoms with Gasteiger partial charge in [0.25, 0.3) is 0 Å². The minimum absolute atomic E-state index is 0.138. The van der Waals surface area contributed by atoms with E-state index in [0.29, 0.717) is 17.7 Å². The van der Waals surface area contributed by atoms with Crippen LogP contribution >= 0.6 is 11.3 Å². The maximum Gasteiger partial charge on any atom is 0.148 e. The molecule has 130 valence electrons. The zero-order valence-corrected chi connectivity index (χ0v) is 15.0. The average Bonchev–Trinajstić information content (AvgIpc) is 3.16. The van der Waals surface area contributed by atoms with Gasteiger partial charge in [0.1, 0.15) is 11.3 Å². The van der Waals surface area contributed by atoms with Gasteiger partial charge in [-0.25, -0.2) is 9.67 Å². The van der Waals surface area contributed by atoms with Gasteiger partial charge in [-0.15, -0.1) is 11.3 Å². The molecule has 2 aromatic carbocycles. The van der Waals surface area contributed by atoms with Crippen LogP contribution in [0.25, 0.3) is 21.5 Å². The molecule has 4 aromatic rings. The van der Waals surface area contributed by atoms with Crippen molar-refractivity contribution in [3.05, 3.63) is 76.7 Å². The molecule has 2 heterocycles. The van der Waals surface area contributed by atoms with Gasteiger partial charge in [-0.05, 0) is 42.0 Å². The molecular weight excluding hydrogens is 356 g/mol. The molecule has 0 unspecified atom stereocenters. The summed E-state index contributed by atoms with van der Waals surface area (Å²) < 4.78 is 2.40. The SMILES string of the molecule is N#Cc1cccc(-c2ccc(=N)n(C(=N)Cc3ccc4ncsc4c3)n2)c1. The summed E-state index contributed by atoms with van der Waals surface area (Å²) in [5, 5.41) is 30.1. The van der Waals surface area contributed by atoms with Gasteiger partial charge < -0.3 is 0 Å². The molecular formula is C20H14N6S. The molecule has 0 aliphatic rings. The average molecular weight is 370 g/mol. The molecule has 0 radical (unpaired) electrons. The van der Waals surface area contributed by atoms with Gasteiger partial charge in [0.2, 0.25) is 0 Å². The Hall–Kier alpha value is -3.63. The smallest absolute Gasteiger partial charge is 0.148 e.